The molecule has 0 saturated carbocycles. The molecule has 9 heteroatoms. The number of fused-ring (bicyclic) bond motifs is 1. The van der Waals surface area contributed by atoms with Crippen molar-refractivity contribution in [1.82, 2.24) is 14.8 Å². The molecule has 0 saturated heterocycles. The second-order valence-corrected chi connectivity index (χ2v) is 10.4. The number of hydrogen-bond donors (Lipinski definition) is 0. The van der Waals surface area contributed by atoms with Crippen molar-refractivity contribution in [3.05, 3.63) is 120 Å². The van der Waals surface area contributed by atoms with Crippen LogP contribution in [0.3, 0.4) is 0 Å². The monoisotopic (exact) mass is 549 g/mol. The topological polar surface area (TPSA) is 47.8 Å². The summed E-state index contributed by atoms with van der Waals surface area (Å²) in [5, 5.41) is 11.7. The van der Waals surface area contributed by atoms with Crippen molar-refractivity contribution in [3.63, 3.8) is 0 Å². The first kappa shape index (κ1) is 26.1. The molecule has 0 fully saturated rings. The van der Waals surface area contributed by atoms with Crippen LogP contribution in [0, 0.1) is 0 Å². The van der Waals surface area contributed by atoms with Gasteiger partial charge < -0.3 is 0 Å². The van der Waals surface area contributed by atoms with Crippen LogP contribution in [0.1, 0.15) is 27.3 Å². The molecule has 0 aliphatic heterocycles. The first-order valence-electron chi connectivity index (χ1n) is 11.8. The Hall–Kier alpha value is -3.56. The lowest BCUT2D eigenvalue weighted by Gasteiger charge is -2.11. The predicted octanol–water partition coefficient (Wildman–Crippen LogP) is 7.85. The van der Waals surface area contributed by atoms with E-state index in [9.17, 15) is 18.0 Å². The van der Waals surface area contributed by atoms with E-state index in [1.165, 1.54) is 40.2 Å². The van der Waals surface area contributed by atoms with Crippen LogP contribution in [0.2, 0.25) is 0 Å². The van der Waals surface area contributed by atoms with Crippen LogP contribution in [-0.4, -0.2) is 26.3 Å². The highest BCUT2D eigenvalue weighted by Gasteiger charge is 2.30. The molecule has 5 rings (SSSR count). The minimum atomic E-state index is -4.44. The van der Waals surface area contributed by atoms with E-state index in [4.69, 9.17) is 0 Å². The van der Waals surface area contributed by atoms with Crippen molar-refractivity contribution >= 4 is 40.1 Å². The Bertz CT molecular complexity index is 1550. The summed E-state index contributed by atoms with van der Waals surface area (Å²) < 4.78 is 40.5. The van der Waals surface area contributed by atoms with Crippen molar-refractivity contribution in [1.29, 1.82) is 0 Å². The lowest BCUT2D eigenvalue weighted by Crippen LogP contribution is -2.08. The molecule has 0 aliphatic carbocycles. The highest BCUT2D eigenvalue weighted by Crippen LogP contribution is 2.30. The number of thioether (sulfide) groups is 2. The number of rotatable bonds is 9. The highest BCUT2D eigenvalue weighted by atomic mass is 32.2. The van der Waals surface area contributed by atoms with Gasteiger partial charge in [-0.05, 0) is 40.6 Å². The zero-order valence-electron chi connectivity index (χ0n) is 20.1. The van der Waals surface area contributed by atoms with E-state index in [0.717, 1.165) is 29.4 Å². The predicted molar refractivity (Wildman–Crippen MR) is 147 cm³/mol. The number of carbonyl (C=O) groups excluding carboxylic acids is 1. The van der Waals surface area contributed by atoms with Crippen LogP contribution in [0.5, 0.6) is 0 Å². The van der Waals surface area contributed by atoms with E-state index in [1.807, 2.05) is 47.0 Å². The van der Waals surface area contributed by atoms with Crippen molar-refractivity contribution in [2.75, 3.05) is 5.75 Å². The Morgan fingerprint density at radius 3 is 2.26 bits per heavy atom. The van der Waals surface area contributed by atoms with E-state index in [-0.39, 0.29) is 17.1 Å². The Labute approximate surface area is 226 Å². The molecule has 4 nitrogen and oxygen atoms in total. The summed E-state index contributed by atoms with van der Waals surface area (Å²) >= 11 is 2.94. The SMILES string of the molecule is O=C(CSc1nnc(CSCc2cccc3ccccc23)n1-c1ccccc1)c1ccc(C(F)(F)F)cc1. The van der Waals surface area contributed by atoms with Gasteiger partial charge in [0.1, 0.15) is 5.82 Å². The van der Waals surface area contributed by atoms with Gasteiger partial charge in [0.25, 0.3) is 0 Å². The van der Waals surface area contributed by atoms with Crippen LogP contribution in [0.15, 0.2) is 102 Å². The summed E-state index contributed by atoms with van der Waals surface area (Å²) in [6.07, 6.45) is -4.44. The Morgan fingerprint density at radius 1 is 0.789 bits per heavy atom. The van der Waals surface area contributed by atoms with Crippen LogP contribution < -0.4 is 0 Å². The molecular formula is C29H22F3N3OS2. The average molecular weight is 550 g/mol. The maximum atomic E-state index is 12.8. The molecule has 38 heavy (non-hydrogen) atoms. The third-order valence-corrected chi connectivity index (χ3v) is 7.86. The second-order valence-electron chi connectivity index (χ2n) is 8.49. The van der Waals surface area contributed by atoms with Crippen LogP contribution in [0.4, 0.5) is 13.2 Å². The van der Waals surface area contributed by atoms with E-state index >= 15 is 0 Å². The normalized spacial score (nSPS) is 11.7. The van der Waals surface area contributed by atoms with Crippen molar-refractivity contribution in [3.8, 4) is 5.69 Å². The molecule has 0 unspecified atom stereocenters. The van der Waals surface area contributed by atoms with Gasteiger partial charge in [-0.15, -0.1) is 22.0 Å². The molecule has 0 radical (unpaired) electrons. The number of hydrogen-bond acceptors (Lipinski definition) is 5. The van der Waals surface area contributed by atoms with Crippen molar-refractivity contribution < 1.29 is 18.0 Å². The number of alkyl halides is 3. The fraction of sp³-hybridized carbons (Fsp3) is 0.138. The standard InChI is InChI=1S/C29H22F3N3OS2/c30-29(31,32)23-15-13-21(14-16-23)26(36)18-38-28-34-33-27(35(28)24-10-2-1-3-11-24)19-37-17-22-9-6-8-20-7-4-5-12-25(20)22/h1-16H,17-19H2. The Morgan fingerprint density at radius 2 is 1.50 bits per heavy atom. The molecule has 4 aromatic carbocycles. The summed E-state index contributed by atoms with van der Waals surface area (Å²) in [6.45, 7) is 0. The summed E-state index contributed by atoms with van der Waals surface area (Å²) in [5.41, 5.74) is 1.57. The number of benzene rings is 4. The third kappa shape index (κ3) is 5.95. The van der Waals surface area contributed by atoms with Crippen molar-refractivity contribution in [2.45, 2.75) is 22.8 Å². The smallest absolute Gasteiger partial charge is 0.293 e. The largest absolute Gasteiger partial charge is 0.416 e. The maximum Gasteiger partial charge on any atom is 0.416 e. The molecule has 0 N–H and O–H groups in total. The molecule has 192 valence electrons. The molecular weight excluding hydrogens is 527 g/mol. The van der Waals surface area contributed by atoms with Gasteiger partial charge in [-0.1, -0.05) is 84.6 Å². The van der Waals surface area contributed by atoms with Gasteiger partial charge in [0.05, 0.1) is 17.1 Å². The van der Waals surface area contributed by atoms with E-state index in [0.29, 0.717) is 10.9 Å². The average Bonchev–Trinajstić information content (AvgIpc) is 3.34. The summed E-state index contributed by atoms with van der Waals surface area (Å²) in [6, 6.07) is 28.5. The number of nitrogens with zero attached hydrogens (tertiary/aromatic N) is 3. The lowest BCUT2D eigenvalue weighted by molar-refractivity contribution is -0.137. The summed E-state index contributed by atoms with van der Waals surface area (Å²) in [4.78, 5) is 12.7. The molecule has 0 atom stereocenters. The van der Waals surface area contributed by atoms with Gasteiger partial charge in [0.15, 0.2) is 10.9 Å². The zero-order valence-corrected chi connectivity index (χ0v) is 21.7. The van der Waals surface area contributed by atoms with E-state index < -0.39 is 11.7 Å². The molecule has 0 spiro atoms. The second kappa shape index (κ2) is 11.4. The van der Waals surface area contributed by atoms with Gasteiger partial charge in [-0.25, -0.2) is 0 Å². The number of ketones is 1. The van der Waals surface area contributed by atoms with Crippen LogP contribution in [-0.2, 0) is 17.7 Å². The third-order valence-electron chi connectivity index (χ3n) is 5.95. The minimum Gasteiger partial charge on any atom is -0.293 e. The fourth-order valence-electron chi connectivity index (χ4n) is 4.05. The molecule has 5 aromatic rings. The van der Waals surface area contributed by atoms with Gasteiger partial charge >= 0.3 is 6.18 Å². The highest BCUT2D eigenvalue weighted by molar-refractivity contribution is 7.99. The quantitative estimate of drug-likeness (QED) is 0.138. The first-order valence-corrected chi connectivity index (χ1v) is 13.9. The van der Waals surface area contributed by atoms with Crippen molar-refractivity contribution in [2.24, 2.45) is 0 Å². The fourth-order valence-corrected chi connectivity index (χ4v) is 5.86. The van der Waals surface area contributed by atoms with E-state index in [2.05, 4.69) is 40.5 Å². The molecule has 1 aromatic heterocycles. The van der Waals surface area contributed by atoms with Gasteiger partial charge in [-0.2, -0.15) is 13.2 Å². The van der Waals surface area contributed by atoms with Crippen LogP contribution >= 0.6 is 23.5 Å². The van der Waals surface area contributed by atoms with Crippen LogP contribution in [0.25, 0.3) is 16.5 Å². The molecule has 0 amide bonds. The number of aromatic nitrogens is 3. The number of carbonyl (C=O) groups is 1. The lowest BCUT2D eigenvalue weighted by atomic mass is 10.1. The Balaban J connectivity index is 1.31. The number of halogens is 3. The van der Waals surface area contributed by atoms with E-state index in [1.54, 1.807) is 11.8 Å². The molecule has 0 aliphatic rings. The molecule has 1 heterocycles. The summed E-state index contributed by atoms with van der Waals surface area (Å²) in [5.74, 6) is 1.92. The van der Waals surface area contributed by atoms with Gasteiger partial charge in [0, 0.05) is 17.0 Å². The zero-order chi connectivity index (χ0) is 26.5. The Kier molecular flexibility index (Phi) is 7.85. The summed E-state index contributed by atoms with van der Waals surface area (Å²) in [7, 11) is 0. The number of para-hydroxylation sites is 1. The maximum absolute atomic E-state index is 12.8. The molecule has 0 bridgehead atoms. The van der Waals surface area contributed by atoms with Gasteiger partial charge in [0.2, 0.25) is 0 Å². The van der Waals surface area contributed by atoms with Gasteiger partial charge in [-0.3, -0.25) is 9.36 Å². The minimum absolute atomic E-state index is 0.0273. The number of Topliss-reactive ketones (excluding diaryl/α,β-unsaturated/α-hetero) is 1. The first-order chi connectivity index (χ1) is 18.4.